The number of sulfonamides is 1. The second kappa shape index (κ2) is 8.44. The maximum absolute atomic E-state index is 13.4. The van der Waals surface area contributed by atoms with Crippen LogP contribution < -0.4 is 4.74 Å². The molecule has 0 aliphatic carbocycles. The summed E-state index contributed by atoms with van der Waals surface area (Å²) in [6, 6.07) is 19.3. The Kier molecular flexibility index (Phi) is 5.94. The Hall–Kier alpha value is -2.94. The third kappa shape index (κ3) is 4.46. The van der Waals surface area contributed by atoms with E-state index in [2.05, 4.69) is 0 Å². The minimum absolute atomic E-state index is 0.187. The number of hydrogen-bond donors (Lipinski definition) is 2. The number of aliphatic carboxylic acids is 1. The second-order valence-corrected chi connectivity index (χ2v) is 10.8. The van der Waals surface area contributed by atoms with Gasteiger partial charge >= 0.3 is 5.97 Å². The molecule has 0 amide bonds. The summed E-state index contributed by atoms with van der Waals surface area (Å²) in [7, 11) is -3.71. The van der Waals surface area contributed by atoms with Crippen molar-refractivity contribution in [3.05, 3.63) is 72.3 Å². The molecule has 7 nitrogen and oxygen atoms in total. The Morgan fingerprint density at radius 2 is 1.58 bits per heavy atom. The monoisotopic (exact) mass is 469 g/mol. The molecular weight excluding hydrogens is 442 g/mol. The van der Waals surface area contributed by atoms with Crippen LogP contribution in [-0.4, -0.2) is 47.6 Å². The summed E-state index contributed by atoms with van der Waals surface area (Å²) in [6.45, 7) is 3.30. The van der Waals surface area contributed by atoms with Crippen LogP contribution >= 0.6 is 0 Å². The molecule has 174 valence electrons. The van der Waals surface area contributed by atoms with Crippen LogP contribution in [0.2, 0.25) is 0 Å². The zero-order valence-corrected chi connectivity index (χ0v) is 19.4. The molecule has 33 heavy (non-hydrogen) atoms. The molecule has 4 rings (SSSR count). The molecule has 1 aliphatic rings. The largest absolute Gasteiger partial charge is 0.478 e. The molecule has 1 saturated heterocycles. The van der Waals surface area contributed by atoms with Gasteiger partial charge in [0.05, 0.1) is 10.5 Å². The molecule has 3 aromatic rings. The van der Waals surface area contributed by atoms with Crippen molar-refractivity contribution < 1.29 is 28.2 Å². The summed E-state index contributed by atoms with van der Waals surface area (Å²) < 4.78 is 33.7. The smallest absolute Gasteiger partial charge is 0.347 e. The molecule has 3 aromatic carbocycles. The summed E-state index contributed by atoms with van der Waals surface area (Å²) in [5, 5.41) is 22.0. The first-order valence-electron chi connectivity index (χ1n) is 10.8. The molecular formula is C25H27NO6S. The highest BCUT2D eigenvalue weighted by Crippen LogP contribution is 2.36. The molecule has 0 bridgehead atoms. The Bertz CT molecular complexity index is 1270. The molecule has 1 aliphatic heterocycles. The zero-order valence-electron chi connectivity index (χ0n) is 18.6. The topological polar surface area (TPSA) is 104 Å². The zero-order chi connectivity index (χ0) is 23.9. The van der Waals surface area contributed by atoms with Gasteiger partial charge in [0, 0.05) is 18.5 Å². The Labute approximate surface area is 193 Å². The Morgan fingerprint density at radius 3 is 2.21 bits per heavy atom. The summed E-state index contributed by atoms with van der Waals surface area (Å²) in [4.78, 5) is 11.5. The van der Waals surface area contributed by atoms with Crippen molar-refractivity contribution in [3.63, 3.8) is 0 Å². The fraction of sp³-hybridized carbons (Fsp3) is 0.320. The van der Waals surface area contributed by atoms with Crippen molar-refractivity contribution in [2.45, 2.75) is 42.8 Å². The van der Waals surface area contributed by atoms with Crippen LogP contribution in [0.4, 0.5) is 0 Å². The van der Waals surface area contributed by atoms with E-state index in [-0.39, 0.29) is 30.8 Å². The second-order valence-electron chi connectivity index (χ2n) is 8.85. The predicted octanol–water partition coefficient (Wildman–Crippen LogP) is 3.75. The summed E-state index contributed by atoms with van der Waals surface area (Å²) >= 11 is 0. The van der Waals surface area contributed by atoms with Crippen LogP contribution in [0.5, 0.6) is 5.75 Å². The number of carboxylic acid groups (broad SMARTS) is 1. The SMILES string of the molecule is CC(C)(Oc1ccc(C2(O)CCN(S(=O)(=O)c3cccc4ccccc34)CC2)cc1)C(=O)O. The number of hydrogen-bond acceptors (Lipinski definition) is 5. The molecule has 0 saturated carbocycles. The first-order valence-corrected chi connectivity index (χ1v) is 12.2. The molecule has 0 atom stereocenters. The third-order valence-electron chi connectivity index (χ3n) is 6.20. The van der Waals surface area contributed by atoms with Gasteiger partial charge in [-0.05, 0) is 55.8 Å². The number of piperidine rings is 1. The van der Waals surface area contributed by atoms with Crippen molar-refractivity contribution in [2.75, 3.05) is 13.1 Å². The van der Waals surface area contributed by atoms with E-state index < -0.39 is 27.2 Å². The quantitative estimate of drug-likeness (QED) is 0.570. The number of carboxylic acids is 1. The van der Waals surface area contributed by atoms with Crippen LogP contribution in [-0.2, 0) is 20.4 Å². The first-order chi connectivity index (χ1) is 15.5. The number of rotatable bonds is 6. The van der Waals surface area contributed by atoms with Crippen molar-refractivity contribution in [3.8, 4) is 5.75 Å². The third-order valence-corrected chi connectivity index (χ3v) is 8.15. The number of ether oxygens (including phenoxy) is 1. The van der Waals surface area contributed by atoms with E-state index >= 15 is 0 Å². The highest BCUT2D eigenvalue weighted by atomic mass is 32.2. The standard InChI is InChI=1S/C25H27NO6S/c1-24(2,23(27)28)32-20-12-10-19(11-13-20)25(29)14-16-26(17-15-25)33(30,31)22-9-5-7-18-6-3-4-8-21(18)22/h3-13,29H,14-17H2,1-2H3,(H,27,28). The fourth-order valence-corrected chi connectivity index (χ4v) is 5.77. The van der Waals surface area contributed by atoms with Gasteiger partial charge in [0.25, 0.3) is 0 Å². The number of nitrogens with zero attached hydrogens (tertiary/aromatic N) is 1. The van der Waals surface area contributed by atoms with Crippen molar-refractivity contribution in [2.24, 2.45) is 0 Å². The summed E-state index contributed by atoms with van der Waals surface area (Å²) in [6.07, 6.45) is 0.496. The minimum atomic E-state index is -3.71. The average Bonchev–Trinajstić information content (AvgIpc) is 2.79. The van der Waals surface area contributed by atoms with Gasteiger partial charge in [-0.15, -0.1) is 0 Å². The summed E-state index contributed by atoms with van der Waals surface area (Å²) in [5.74, 6) is -0.698. The average molecular weight is 470 g/mol. The minimum Gasteiger partial charge on any atom is -0.478 e. The predicted molar refractivity (Wildman–Crippen MR) is 125 cm³/mol. The highest BCUT2D eigenvalue weighted by molar-refractivity contribution is 7.89. The normalized spacial score (nSPS) is 17.1. The van der Waals surface area contributed by atoms with Crippen LogP contribution in [0, 0.1) is 0 Å². The van der Waals surface area contributed by atoms with Gasteiger partial charge in [0.1, 0.15) is 5.75 Å². The van der Waals surface area contributed by atoms with E-state index in [0.717, 1.165) is 5.39 Å². The molecule has 0 spiro atoms. The molecule has 0 unspecified atom stereocenters. The van der Waals surface area contributed by atoms with E-state index in [4.69, 9.17) is 4.74 Å². The fourth-order valence-electron chi connectivity index (χ4n) is 4.12. The first kappa shape index (κ1) is 23.2. The van der Waals surface area contributed by atoms with E-state index in [9.17, 15) is 23.4 Å². The van der Waals surface area contributed by atoms with Crippen LogP contribution in [0.1, 0.15) is 32.3 Å². The molecule has 1 heterocycles. The Balaban J connectivity index is 1.50. The highest BCUT2D eigenvalue weighted by Gasteiger charge is 2.39. The number of carbonyl (C=O) groups is 1. The van der Waals surface area contributed by atoms with Crippen LogP contribution in [0.3, 0.4) is 0 Å². The number of benzene rings is 3. The molecule has 2 N–H and O–H groups in total. The van der Waals surface area contributed by atoms with Gasteiger partial charge < -0.3 is 14.9 Å². The van der Waals surface area contributed by atoms with Crippen LogP contribution in [0.25, 0.3) is 10.8 Å². The maximum atomic E-state index is 13.4. The van der Waals surface area contributed by atoms with E-state index in [1.807, 2.05) is 24.3 Å². The van der Waals surface area contributed by atoms with Crippen molar-refractivity contribution in [1.82, 2.24) is 4.31 Å². The lowest BCUT2D eigenvalue weighted by Gasteiger charge is -2.38. The van der Waals surface area contributed by atoms with E-state index in [0.29, 0.717) is 16.7 Å². The lowest BCUT2D eigenvalue weighted by atomic mass is 9.85. The maximum Gasteiger partial charge on any atom is 0.347 e. The lowest BCUT2D eigenvalue weighted by Crippen LogP contribution is -2.45. The van der Waals surface area contributed by atoms with Gasteiger partial charge in [-0.2, -0.15) is 4.31 Å². The molecule has 0 aromatic heterocycles. The van der Waals surface area contributed by atoms with Crippen molar-refractivity contribution >= 4 is 26.8 Å². The van der Waals surface area contributed by atoms with Gasteiger partial charge in [-0.1, -0.05) is 48.5 Å². The summed E-state index contributed by atoms with van der Waals surface area (Å²) in [5.41, 5.74) is -1.91. The van der Waals surface area contributed by atoms with Crippen molar-refractivity contribution in [1.29, 1.82) is 0 Å². The van der Waals surface area contributed by atoms with Crippen LogP contribution in [0.15, 0.2) is 71.6 Å². The number of aliphatic hydroxyl groups is 1. The van der Waals surface area contributed by atoms with Gasteiger partial charge in [-0.3, -0.25) is 0 Å². The Morgan fingerprint density at radius 1 is 0.970 bits per heavy atom. The lowest BCUT2D eigenvalue weighted by molar-refractivity contribution is -0.152. The number of fused-ring (bicyclic) bond motifs is 1. The molecule has 0 radical (unpaired) electrons. The van der Waals surface area contributed by atoms with E-state index in [1.165, 1.54) is 18.2 Å². The molecule has 1 fully saturated rings. The molecule has 8 heteroatoms. The van der Waals surface area contributed by atoms with Gasteiger partial charge in [-0.25, -0.2) is 13.2 Å². The van der Waals surface area contributed by atoms with E-state index in [1.54, 1.807) is 42.5 Å². The van der Waals surface area contributed by atoms with Gasteiger partial charge in [0.15, 0.2) is 5.60 Å². The van der Waals surface area contributed by atoms with Gasteiger partial charge in [0.2, 0.25) is 10.0 Å².